The molecule has 3 rings (SSSR count). The third-order valence-corrected chi connectivity index (χ3v) is 7.65. The number of nitrogens with zero attached hydrogens (tertiary/aromatic N) is 1. The number of hydrogen-bond acceptors (Lipinski definition) is 6. The Morgan fingerprint density at radius 3 is 2.28 bits per heavy atom. The second kappa shape index (κ2) is 9.70. The number of esters is 1. The van der Waals surface area contributed by atoms with E-state index in [1.165, 1.54) is 22.5 Å². The van der Waals surface area contributed by atoms with Crippen LogP contribution < -0.4 is 0 Å². The maximum atomic E-state index is 13.2. The third-order valence-electron chi connectivity index (χ3n) is 5.33. The van der Waals surface area contributed by atoms with E-state index in [1.807, 2.05) is 19.9 Å². The van der Waals surface area contributed by atoms with Crippen LogP contribution in [0.15, 0.2) is 41.3 Å². The lowest BCUT2D eigenvalue weighted by Crippen LogP contribution is -2.48. The van der Waals surface area contributed by atoms with Gasteiger partial charge in [-0.15, -0.1) is 0 Å². The fraction of sp³-hybridized carbons (Fsp3) is 0.391. The molecule has 2 unspecified atom stereocenters. The smallest absolute Gasteiger partial charge is 0.338 e. The molecule has 2 aromatic rings. The normalized spacial score (nSPS) is 19.5. The fourth-order valence-electron chi connectivity index (χ4n) is 3.51. The van der Waals surface area contributed by atoms with Crippen LogP contribution in [0, 0.1) is 13.8 Å². The molecule has 1 heterocycles. The highest BCUT2D eigenvalue weighted by molar-refractivity contribution is 7.89. The Kier molecular flexibility index (Phi) is 7.39. The van der Waals surface area contributed by atoms with Gasteiger partial charge in [0.1, 0.15) is 4.90 Å². The number of Topliss-reactive ketones (excluding diaryl/α,β-unsaturated/α-hetero) is 1. The summed E-state index contributed by atoms with van der Waals surface area (Å²) in [5, 5.41) is -0.000412. The van der Waals surface area contributed by atoms with Gasteiger partial charge in [-0.3, -0.25) is 4.79 Å². The minimum Gasteiger partial charge on any atom is -0.454 e. The van der Waals surface area contributed by atoms with E-state index in [-0.39, 0.29) is 46.6 Å². The predicted molar refractivity (Wildman–Crippen MR) is 121 cm³/mol. The highest BCUT2D eigenvalue weighted by atomic mass is 35.5. The molecule has 2 atom stereocenters. The van der Waals surface area contributed by atoms with Crippen LogP contribution >= 0.6 is 11.6 Å². The number of aryl methyl sites for hydroxylation is 2. The molecule has 0 aromatic heterocycles. The SMILES string of the molecule is Cc1ccc(C(=O)COC(=O)c2ccc(Cl)c(S(=O)(=O)N3CC(C)OC(C)C3)c2)cc1C. The van der Waals surface area contributed by atoms with Gasteiger partial charge in [0.15, 0.2) is 12.4 Å². The second-order valence-corrected chi connectivity index (χ2v) is 10.3. The minimum atomic E-state index is -3.95. The van der Waals surface area contributed by atoms with E-state index in [0.29, 0.717) is 5.56 Å². The summed E-state index contributed by atoms with van der Waals surface area (Å²) >= 11 is 6.17. The molecule has 32 heavy (non-hydrogen) atoms. The van der Waals surface area contributed by atoms with Crippen molar-refractivity contribution in [3.63, 3.8) is 0 Å². The number of ketones is 1. The zero-order chi connectivity index (χ0) is 23.6. The molecule has 1 fully saturated rings. The monoisotopic (exact) mass is 479 g/mol. The van der Waals surface area contributed by atoms with Gasteiger partial charge in [-0.25, -0.2) is 13.2 Å². The molecular weight excluding hydrogens is 454 g/mol. The zero-order valence-corrected chi connectivity index (χ0v) is 20.0. The molecular formula is C23H26ClNO6S. The maximum Gasteiger partial charge on any atom is 0.338 e. The van der Waals surface area contributed by atoms with Gasteiger partial charge in [-0.2, -0.15) is 4.31 Å². The van der Waals surface area contributed by atoms with Crippen molar-refractivity contribution in [3.05, 3.63) is 63.7 Å². The van der Waals surface area contributed by atoms with E-state index in [0.717, 1.165) is 11.1 Å². The molecule has 0 saturated carbocycles. The van der Waals surface area contributed by atoms with Crippen LogP contribution in [-0.4, -0.2) is 56.4 Å². The lowest BCUT2D eigenvalue weighted by Gasteiger charge is -2.34. The average molecular weight is 480 g/mol. The Balaban J connectivity index is 1.76. The summed E-state index contributed by atoms with van der Waals surface area (Å²) in [6.07, 6.45) is -0.534. The molecule has 9 heteroatoms. The van der Waals surface area contributed by atoms with Crippen molar-refractivity contribution >= 4 is 33.4 Å². The average Bonchev–Trinajstić information content (AvgIpc) is 2.73. The number of rotatable bonds is 6. The quantitative estimate of drug-likeness (QED) is 0.462. The molecule has 2 aromatic carbocycles. The second-order valence-electron chi connectivity index (χ2n) is 8.02. The van der Waals surface area contributed by atoms with Crippen molar-refractivity contribution in [2.24, 2.45) is 0 Å². The topological polar surface area (TPSA) is 90.0 Å². The molecule has 0 N–H and O–H groups in total. The molecule has 1 aliphatic heterocycles. The first-order chi connectivity index (χ1) is 15.0. The van der Waals surface area contributed by atoms with Gasteiger partial charge in [0.25, 0.3) is 0 Å². The Bertz CT molecular complexity index is 1140. The summed E-state index contributed by atoms with van der Waals surface area (Å²) in [6, 6.07) is 9.14. The van der Waals surface area contributed by atoms with E-state index >= 15 is 0 Å². The van der Waals surface area contributed by atoms with Crippen molar-refractivity contribution in [1.29, 1.82) is 0 Å². The van der Waals surface area contributed by atoms with Gasteiger partial charge in [-0.05, 0) is 63.1 Å². The molecule has 1 aliphatic rings. The van der Waals surface area contributed by atoms with E-state index in [9.17, 15) is 18.0 Å². The minimum absolute atomic E-state index is 0.000412. The number of ether oxygens (including phenoxy) is 2. The van der Waals surface area contributed by atoms with Crippen molar-refractivity contribution in [2.45, 2.75) is 44.8 Å². The summed E-state index contributed by atoms with van der Waals surface area (Å²) < 4.78 is 38.4. The molecule has 172 valence electrons. The van der Waals surface area contributed by atoms with Crippen LogP contribution in [-0.2, 0) is 19.5 Å². The fourth-order valence-corrected chi connectivity index (χ4v) is 5.60. The van der Waals surface area contributed by atoms with E-state index in [2.05, 4.69) is 0 Å². The van der Waals surface area contributed by atoms with E-state index in [1.54, 1.807) is 26.0 Å². The summed E-state index contributed by atoms with van der Waals surface area (Å²) in [5.74, 6) is -1.15. The Hall–Kier alpha value is -2.26. The number of hydrogen-bond donors (Lipinski definition) is 0. The lowest BCUT2D eigenvalue weighted by atomic mass is 10.0. The highest BCUT2D eigenvalue weighted by Crippen LogP contribution is 2.28. The number of carbonyl (C=O) groups excluding carboxylic acids is 2. The predicted octanol–water partition coefficient (Wildman–Crippen LogP) is 3.79. The van der Waals surface area contributed by atoms with Gasteiger partial charge >= 0.3 is 5.97 Å². The zero-order valence-electron chi connectivity index (χ0n) is 18.4. The first-order valence-electron chi connectivity index (χ1n) is 10.2. The van der Waals surface area contributed by atoms with Crippen LogP contribution in [0.2, 0.25) is 5.02 Å². The van der Waals surface area contributed by atoms with Gasteiger partial charge < -0.3 is 9.47 Å². The lowest BCUT2D eigenvalue weighted by molar-refractivity contribution is -0.0440. The molecule has 0 bridgehead atoms. The molecule has 0 amide bonds. The van der Waals surface area contributed by atoms with Gasteiger partial charge in [-0.1, -0.05) is 23.7 Å². The number of morpholine rings is 1. The van der Waals surface area contributed by atoms with E-state index < -0.39 is 22.6 Å². The summed E-state index contributed by atoms with van der Waals surface area (Å²) in [5.41, 5.74) is 2.45. The van der Waals surface area contributed by atoms with Gasteiger partial charge in [0.05, 0.1) is 22.8 Å². The summed E-state index contributed by atoms with van der Waals surface area (Å²) in [7, 11) is -3.95. The third kappa shape index (κ3) is 5.38. The van der Waals surface area contributed by atoms with Crippen molar-refractivity contribution in [1.82, 2.24) is 4.31 Å². The Morgan fingerprint density at radius 2 is 1.66 bits per heavy atom. The molecule has 1 saturated heterocycles. The standard InChI is InChI=1S/C23H26ClNO6S/c1-14-5-6-18(9-15(14)2)21(26)13-30-23(27)19-7-8-20(24)22(10-19)32(28,29)25-11-16(3)31-17(4)12-25/h5-10,16-17H,11-13H2,1-4H3. The largest absolute Gasteiger partial charge is 0.454 e. The van der Waals surface area contributed by atoms with Crippen LogP contribution in [0.3, 0.4) is 0 Å². The number of benzene rings is 2. The number of carbonyl (C=O) groups is 2. The first kappa shape index (κ1) is 24.4. The molecule has 7 nitrogen and oxygen atoms in total. The van der Waals surface area contributed by atoms with Crippen molar-refractivity contribution < 1.29 is 27.5 Å². The van der Waals surface area contributed by atoms with Gasteiger partial charge in [0.2, 0.25) is 10.0 Å². The number of halogens is 1. The van der Waals surface area contributed by atoms with Crippen LogP contribution in [0.25, 0.3) is 0 Å². The molecule has 0 radical (unpaired) electrons. The Labute approximate surface area is 193 Å². The summed E-state index contributed by atoms with van der Waals surface area (Å²) in [6.45, 7) is 7.33. The van der Waals surface area contributed by atoms with Crippen molar-refractivity contribution in [3.8, 4) is 0 Å². The van der Waals surface area contributed by atoms with Crippen LogP contribution in [0.1, 0.15) is 45.7 Å². The number of sulfonamides is 1. The van der Waals surface area contributed by atoms with Gasteiger partial charge in [0, 0.05) is 18.7 Å². The van der Waals surface area contributed by atoms with E-state index in [4.69, 9.17) is 21.1 Å². The molecule has 0 aliphatic carbocycles. The highest BCUT2D eigenvalue weighted by Gasteiger charge is 2.34. The molecule has 0 spiro atoms. The van der Waals surface area contributed by atoms with Crippen LogP contribution in [0.4, 0.5) is 0 Å². The Morgan fingerprint density at radius 1 is 1.03 bits per heavy atom. The summed E-state index contributed by atoms with van der Waals surface area (Å²) in [4.78, 5) is 24.7. The van der Waals surface area contributed by atoms with Crippen molar-refractivity contribution in [2.75, 3.05) is 19.7 Å². The van der Waals surface area contributed by atoms with Crippen LogP contribution in [0.5, 0.6) is 0 Å². The maximum absolute atomic E-state index is 13.2. The first-order valence-corrected chi connectivity index (χ1v) is 12.0.